The van der Waals surface area contributed by atoms with Crippen LogP contribution in [0.2, 0.25) is 0 Å². The smallest absolute Gasteiger partial charge is 0.287 e. The zero-order chi connectivity index (χ0) is 12.5. The molecule has 0 bridgehead atoms. The van der Waals surface area contributed by atoms with Gasteiger partial charge in [-0.25, -0.2) is 0 Å². The molecule has 18 heavy (non-hydrogen) atoms. The summed E-state index contributed by atoms with van der Waals surface area (Å²) in [5.41, 5.74) is 0.750. The Morgan fingerprint density at radius 3 is 2.94 bits per heavy atom. The van der Waals surface area contributed by atoms with E-state index in [-0.39, 0.29) is 5.91 Å². The Balaban J connectivity index is 1.67. The summed E-state index contributed by atoms with van der Waals surface area (Å²) >= 11 is 3.60. The minimum absolute atomic E-state index is 0.142. The molecule has 1 heterocycles. The highest BCUT2D eigenvalue weighted by Crippen LogP contribution is 2.36. The van der Waals surface area contributed by atoms with E-state index in [0.29, 0.717) is 17.1 Å². The van der Waals surface area contributed by atoms with Crippen molar-refractivity contribution in [1.82, 2.24) is 5.32 Å². The molecule has 3 nitrogen and oxygen atoms in total. The number of furan rings is 1. The van der Waals surface area contributed by atoms with Crippen molar-refractivity contribution < 1.29 is 9.21 Å². The van der Waals surface area contributed by atoms with Gasteiger partial charge in [0.05, 0.1) is 0 Å². The predicted molar refractivity (Wildman–Crippen MR) is 74.0 cm³/mol. The van der Waals surface area contributed by atoms with E-state index in [1.807, 2.05) is 24.3 Å². The molecule has 4 heteroatoms. The molecule has 1 aromatic heterocycles. The van der Waals surface area contributed by atoms with E-state index in [4.69, 9.17) is 4.42 Å². The van der Waals surface area contributed by atoms with Crippen LogP contribution in [0, 0.1) is 5.92 Å². The van der Waals surface area contributed by atoms with Crippen LogP contribution in [0.1, 0.15) is 23.4 Å². The van der Waals surface area contributed by atoms with Gasteiger partial charge in [-0.15, -0.1) is 0 Å². The quantitative estimate of drug-likeness (QED) is 0.880. The van der Waals surface area contributed by atoms with Gasteiger partial charge in [-0.1, -0.05) is 34.1 Å². The topological polar surface area (TPSA) is 42.2 Å². The second kappa shape index (κ2) is 4.76. The lowest BCUT2D eigenvalue weighted by molar-refractivity contribution is 0.0928. The largest absolute Gasteiger partial charge is 0.451 e. The number of hydrogen-bond acceptors (Lipinski definition) is 2. The molecular formula is C14H14BrNO2. The summed E-state index contributed by atoms with van der Waals surface area (Å²) in [4.78, 5) is 12.3. The van der Waals surface area contributed by atoms with Gasteiger partial charge in [-0.05, 0) is 30.9 Å². The molecule has 0 radical (unpaired) electrons. The first-order valence-corrected chi connectivity index (χ1v) is 7.06. The highest BCUT2D eigenvalue weighted by atomic mass is 79.9. The van der Waals surface area contributed by atoms with Crippen molar-refractivity contribution >= 4 is 32.8 Å². The minimum atomic E-state index is -0.142. The summed E-state index contributed by atoms with van der Waals surface area (Å²) in [5, 5.41) is 3.86. The monoisotopic (exact) mass is 307 g/mol. The third-order valence-corrected chi connectivity index (χ3v) is 4.31. The highest BCUT2D eigenvalue weighted by Gasteiger charge is 2.29. The fraction of sp³-hybridized carbons (Fsp3) is 0.357. The van der Waals surface area contributed by atoms with Crippen LogP contribution in [0.5, 0.6) is 0 Å². The van der Waals surface area contributed by atoms with Crippen LogP contribution in [0.15, 0.2) is 34.7 Å². The maximum atomic E-state index is 11.9. The third kappa shape index (κ3) is 2.43. The van der Waals surface area contributed by atoms with Gasteiger partial charge >= 0.3 is 0 Å². The number of fused-ring (bicyclic) bond motifs is 1. The molecule has 1 unspecified atom stereocenters. The van der Waals surface area contributed by atoms with E-state index in [2.05, 4.69) is 21.2 Å². The molecule has 0 spiro atoms. The Morgan fingerprint density at radius 2 is 2.22 bits per heavy atom. The Hall–Kier alpha value is -1.29. The van der Waals surface area contributed by atoms with E-state index in [0.717, 1.165) is 16.9 Å². The Morgan fingerprint density at radius 1 is 1.44 bits per heavy atom. The zero-order valence-corrected chi connectivity index (χ0v) is 11.4. The Kier molecular flexibility index (Phi) is 3.12. The Labute approximate surface area is 114 Å². The van der Waals surface area contributed by atoms with Gasteiger partial charge in [-0.3, -0.25) is 4.79 Å². The van der Waals surface area contributed by atoms with Crippen molar-refractivity contribution in [2.45, 2.75) is 17.7 Å². The molecule has 1 N–H and O–H groups in total. The molecule has 1 fully saturated rings. The molecule has 1 aliphatic carbocycles. The van der Waals surface area contributed by atoms with Crippen LogP contribution < -0.4 is 5.32 Å². The van der Waals surface area contributed by atoms with Crippen LogP contribution in [-0.4, -0.2) is 17.3 Å². The first kappa shape index (κ1) is 11.8. The Bertz CT molecular complexity index is 541. The van der Waals surface area contributed by atoms with Crippen LogP contribution in [0.3, 0.4) is 0 Å². The van der Waals surface area contributed by atoms with Crippen molar-refractivity contribution in [3.63, 3.8) is 0 Å². The first-order valence-electron chi connectivity index (χ1n) is 6.15. The zero-order valence-electron chi connectivity index (χ0n) is 9.86. The normalized spacial score (nSPS) is 16.7. The number of hydrogen-bond donors (Lipinski definition) is 1. The van der Waals surface area contributed by atoms with E-state index in [9.17, 15) is 4.79 Å². The number of alkyl halides is 1. The predicted octanol–water partition coefficient (Wildman–Crippen LogP) is 3.34. The molecule has 1 saturated carbocycles. The fourth-order valence-corrected chi connectivity index (χ4v) is 2.69. The fourth-order valence-electron chi connectivity index (χ4n) is 2.00. The summed E-state index contributed by atoms with van der Waals surface area (Å²) < 4.78 is 5.51. The van der Waals surface area contributed by atoms with Crippen LogP contribution in [0.25, 0.3) is 11.0 Å². The lowest BCUT2D eigenvalue weighted by Crippen LogP contribution is -2.30. The number of carbonyl (C=O) groups is 1. The van der Waals surface area contributed by atoms with E-state index < -0.39 is 0 Å². The summed E-state index contributed by atoms with van der Waals surface area (Å²) in [6.45, 7) is 0.653. The molecule has 2 aromatic rings. The van der Waals surface area contributed by atoms with Crippen LogP contribution in [-0.2, 0) is 0 Å². The number of benzene rings is 1. The van der Waals surface area contributed by atoms with Crippen LogP contribution >= 0.6 is 15.9 Å². The van der Waals surface area contributed by atoms with Gasteiger partial charge in [0.15, 0.2) is 5.76 Å². The summed E-state index contributed by atoms with van der Waals surface area (Å²) in [7, 11) is 0. The standard InChI is InChI=1S/C14H14BrNO2/c15-11(9-5-6-9)8-16-14(17)13-7-10-3-1-2-4-12(10)18-13/h1-4,7,9,11H,5-6,8H2,(H,16,17). The van der Waals surface area contributed by atoms with E-state index in [1.54, 1.807) is 6.07 Å². The number of halogens is 1. The van der Waals surface area contributed by atoms with Crippen molar-refractivity contribution in [3.05, 3.63) is 36.1 Å². The third-order valence-electron chi connectivity index (χ3n) is 3.24. The summed E-state index contributed by atoms with van der Waals surface area (Å²) in [6.07, 6.45) is 2.52. The maximum Gasteiger partial charge on any atom is 0.287 e. The van der Waals surface area contributed by atoms with Gasteiger partial charge in [0, 0.05) is 16.8 Å². The van der Waals surface area contributed by atoms with Crippen molar-refractivity contribution in [2.24, 2.45) is 5.92 Å². The van der Waals surface area contributed by atoms with Crippen LogP contribution in [0.4, 0.5) is 0 Å². The molecular weight excluding hydrogens is 294 g/mol. The molecule has 1 aromatic carbocycles. The molecule has 0 saturated heterocycles. The molecule has 0 aliphatic heterocycles. The summed E-state index contributed by atoms with van der Waals surface area (Å²) in [6, 6.07) is 9.41. The number of para-hydroxylation sites is 1. The SMILES string of the molecule is O=C(NCC(Br)C1CC1)c1cc2ccccc2o1. The van der Waals surface area contributed by atoms with E-state index in [1.165, 1.54) is 12.8 Å². The van der Waals surface area contributed by atoms with Gasteiger partial charge in [0.25, 0.3) is 5.91 Å². The average Bonchev–Trinajstić information content (AvgIpc) is 3.14. The van der Waals surface area contributed by atoms with Gasteiger partial charge in [0.2, 0.25) is 0 Å². The molecule has 3 rings (SSSR count). The lowest BCUT2D eigenvalue weighted by Gasteiger charge is -2.08. The summed E-state index contributed by atoms with van der Waals surface area (Å²) in [5.74, 6) is 0.962. The molecule has 94 valence electrons. The second-order valence-corrected chi connectivity index (χ2v) is 5.89. The lowest BCUT2D eigenvalue weighted by atomic mass is 10.2. The maximum absolute atomic E-state index is 11.9. The average molecular weight is 308 g/mol. The molecule has 1 amide bonds. The van der Waals surface area contributed by atoms with Gasteiger partial charge < -0.3 is 9.73 Å². The number of carbonyl (C=O) groups excluding carboxylic acids is 1. The molecule has 1 aliphatic rings. The van der Waals surface area contributed by atoms with Gasteiger partial charge in [-0.2, -0.15) is 0 Å². The second-order valence-electron chi connectivity index (χ2n) is 4.71. The highest BCUT2D eigenvalue weighted by molar-refractivity contribution is 9.09. The van der Waals surface area contributed by atoms with E-state index >= 15 is 0 Å². The van der Waals surface area contributed by atoms with Crippen molar-refractivity contribution in [2.75, 3.05) is 6.54 Å². The first-order chi connectivity index (χ1) is 8.74. The number of nitrogens with one attached hydrogen (secondary N) is 1. The minimum Gasteiger partial charge on any atom is -0.451 e. The van der Waals surface area contributed by atoms with Crippen molar-refractivity contribution in [3.8, 4) is 0 Å². The number of rotatable bonds is 4. The number of amides is 1. The van der Waals surface area contributed by atoms with Gasteiger partial charge in [0.1, 0.15) is 5.58 Å². The van der Waals surface area contributed by atoms with Crippen molar-refractivity contribution in [1.29, 1.82) is 0 Å². The molecule has 1 atom stereocenters.